The summed E-state index contributed by atoms with van der Waals surface area (Å²) in [6.07, 6.45) is 4.72. The molecule has 0 radical (unpaired) electrons. The van der Waals surface area contributed by atoms with Crippen LogP contribution in [0.5, 0.6) is 5.75 Å². The van der Waals surface area contributed by atoms with E-state index in [0.717, 1.165) is 18.8 Å². The maximum Gasteiger partial charge on any atom is 0.323 e. The molecule has 2 aliphatic carbocycles. The van der Waals surface area contributed by atoms with E-state index in [0.29, 0.717) is 12.2 Å². The third kappa shape index (κ3) is 4.03. The van der Waals surface area contributed by atoms with Crippen molar-refractivity contribution in [2.24, 2.45) is 0 Å². The van der Waals surface area contributed by atoms with Crippen molar-refractivity contribution in [3.63, 3.8) is 0 Å². The number of ketones is 2. The van der Waals surface area contributed by atoms with Crippen molar-refractivity contribution in [1.29, 1.82) is 0 Å². The standard InChI is InChI=1S/C24H26N2O6/c1-4-25(5-2)14-7-9-16(18(27)11-14)21-23(31)22(24(21)32)17-10-8-15(12-19(17)28)26(6-3)13-20(29)30/h7-12,28,31H,4-6,13H2,1-3H3,(H,29,30). The first-order chi connectivity index (χ1) is 15.2. The summed E-state index contributed by atoms with van der Waals surface area (Å²) in [6.45, 7) is 7.37. The van der Waals surface area contributed by atoms with Gasteiger partial charge in [0.25, 0.3) is 0 Å². The molecule has 2 aliphatic rings. The number of carboxylic acid groups (broad SMARTS) is 1. The van der Waals surface area contributed by atoms with Crippen molar-refractivity contribution in [3.05, 3.63) is 64.6 Å². The zero-order chi connectivity index (χ0) is 23.6. The number of hydrogen-bond donors (Lipinski definition) is 3. The van der Waals surface area contributed by atoms with Crippen molar-refractivity contribution in [2.45, 2.75) is 20.8 Å². The Hall–Kier alpha value is -3.81. The summed E-state index contributed by atoms with van der Waals surface area (Å²) in [5, 5.41) is 30.1. The molecule has 0 unspecified atom stereocenters. The van der Waals surface area contributed by atoms with Gasteiger partial charge in [0, 0.05) is 54.3 Å². The first-order valence-electron chi connectivity index (χ1n) is 10.4. The molecule has 32 heavy (non-hydrogen) atoms. The Kier molecular flexibility index (Phi) is 6.53. The Morgan fingerprint density at radius 3 is 2.09 bits per heavy atom. The number of Topliss-reactive ketones (excluding diaryl/α,β-unsaturated/α-hetero) is 1. The van der Waals surface area contributed by atoms with Crippen LogP contribution in [0.2, 0.25) is 0 Å². The molecule has 1 aromatic rings. The lowest BCUT2D eigenvalue weighted by atomic mass is 9.79. The molecule has 0 spiro atoms. The van der Waals surface area contributed by atoms with Gasteiger partial charge in [0.1, 0.15) is 18.1 Å². The lowest BCUT2D eigenvalue weighted by Gasteiger charge is -2.27. The van der Waals surface area contributed by atoms with Crippen LogP contribution < -0.4 is 4.90 Å². The number of anilines is 1. The molecule has 1 aromatic carbocycles. The lowest BCUT2D eigenvalue weighted by molar-refractivity contribution is -0.135. The summed E-state index contributed by atoms with van der Waals surface area (Å²) >= 11 is 0. The number of aliphatic hydroxyl groups excluding tert-OH is 1. The smallest absolute Gasteiger partial charge is 0.323 e. The van der Waals surface area contributed by atoms with E-state index in [1.54, 1.807) is 24.0 Å². The van der Waals surface area contributed by atoms with Crippen LogP contribution in [0.25, 0.3) is 5.57 Å². The van der Waals surface area contributed by atoms with Gasteiger partial charge in [0.2, 0.25) is 5.78 Å². The molecule has 0 atom stereocenters. The molecule has 0 saturated carbocycles. The molecule has 3 rings (SSSR count). The summed E-state index contributed by atoms with van der Waals surface area (Å²) in [6, 6.07) is 4.38. The maximum atomic E-state index is 12.8. The molecule has 0 heterocycles. The van der Waals surface area contributed by atoms with E-state index in [2.05, 4.69) is 0 Å². The summed E-state index contributed by atoms with van der Waals surface area (Å²) in [4.78, 5) is 40.0. The fourth-order valence-electron chi connectivity index (χ4n) is 3.88. The van der Waals surface area contributed by atoms with Crippen LogP contribution in [0.15, 0.2) is 59.0 Å². The zero-order valence-electron chi connectivity index (χ0n) is 18.3. The number of carboxylic acids is 1. The van der Waals surface area contributed by atoms with E-state index in [9.17, 15) is 24.6 Å². The third-order valence-electron chi connectivity index (χ3n) is 5.61. The van der Waals surface area contributed by atoms with Crippen molar-refractivity contribution in [1.82, 2.24) is 4.90 Å². The number of aliphatic hydroxyl groups is 1. The minimum atomic E-state index is -1.01. The van der Waals surface area contributed by atoms with Crippen LogP contribution in [-0.2, 0) is 14.4 Å². The van der Waals surface area contributed by atoms with Gasteiger partial charge in [-0.15, -0.1) is 0 Å². The van der Waals surface area contributed by atoms with Crippen molar-refractivity contribution >= 4 is 28.8 Å². The van der Waals surface area contributed by atoms with Crippen LogP contribution in [0.1, 0.15) is 26.3 Å². The molecule has 168 valence electrons. The van der Waals surface area contributed by atoms with Gasteiger partial charge in [-0.2, -0.15) is 0 Å². The molecular weight excluding hydrogens is 412 g/mol. The highest BCUT2D eigenvalue weighted by Gasteiger charge is 2.39. The number of aliphatic carboxylic acids is 1. The van der Waals surface area contributed by atoms with Gasteiger partial charge in [0.15, 0.2) is 5.78 Å². The quantitative estimate of drug-likeness (QED) is 0.530. The number of carbonyl (C=O) groups is 3. The Morgan fingerprint density at radius 1 is 0.938 bits per heavy atom. The summed E-state index contributed by atoms with van der Waals surface area (Å²) in [5.74, 6) is -2.51. The number of hydrogen-bond acceptors (Lipinski definition) is 7. The van der Waals surface area contributed by atoms with E-state index < -0.39 is 11.8 Å². The summed E-state index contributed by atoms with van der Waals surface area (Å²) in [7, 11) is 0. The zero-order valence-corrected chi connectivity index (χ0v) is 18.3. The second-order valence-electron chi connectivity index (χ2n) is 7.39. The SMILES string of the molecule is CCN(CC)C1=CC(=O)C(=C2C(=O)C(c3ccc(N(CC)CC(=O)O)cc3O)=C2O)C=C1. The van der Waals surface area contributed by atoms with Crippen molar-refractivity contribution < 1.29 is 29.7 Å². The molecule has 8 nitrogen and oxygen atoms in total. The highest BCUT2D eigenvalue weighted by molar-refractivity contribution is 6.41. The number of rotatable bonds is 8. The van der Waals surface area contributed by atoms with Crippen molar-refractivity contribution in [2.75, 3.05) is 31.1 Å². The van der Waals surface area contributed by atoms with Crippen LogP contribution in [0.3, 0.4) is 0 Å². The molecule has 0 saturated heterocycles. The van der Waals surface area contributed by atoms with E-state index in [1.807, 2.05) is 18.7 Å². The van der Waals surface area contributed by atoms with Gasteiger partial charge in [-0.3, -0.25) is 14.4 Å². The molecule has 3 N–H and O–H groups in total. The van der Waals surface area contributed by atoms with Crippen LogP contribution >= 0.6 is 0 Å². The van der Waals surface area contributed by atoms with Gasteiger partial charge in [-0.25, -0.2) is 0 Å². The Labute approximate surface area is 186 Å². The monoisotopic (exact) mass is 438 g/mol. The van der Waals surface area contributed by atoms with Crippen LogP contribution in [0, 0.1) is 0 Å². The fraction of sp³-hybridized carbons (Fsp3) is 0.292. The molecular formula is C24H26N2O6. The molecule has 0 fully saturated rings. The van der Waals surface area contributed by atoms with Crippen LogP contribution in [0.4, 0.5) is 5.69 Å². The fourth-order valence-corrected chi connectivity index (χ4v) is 3.88. The van der Waals surface area contributed by atoms with E-state index in [-0.39, 0.29) is 46.1 Å². The molecule has 0 bridgehead atoms. The average molecular weight is 438 g/mol. The Bertz CT molecular complexity index is 1110. The number of aromatic hydroxyl groups is 1. The van der Waals surface area contributed by atoms with Gasteiger partial charge < -0.3 is 25.1 Å². The van der Waals surface area contributed by atoms with Crippen molar-refractivity contribution in [3.8, 4) is 5.75 Å². The van der Waals surface area contributed by atoms with E-state index >= 15 is 0 Å². The number of phenolic OH excluding ortho intramolecular Hbond substituents is 1. The Morgan fingerprint density at radius 2 is 1.59 bits per heavy atom. The molecule has 8 heteroatoms. The molecule has 0 aliphatic heterocycles. The number of nitrogens with zero attached hydrogens (tertiary/aromatic N) is 2. The Balaban J connectivity index is 1.93. The average Bonchev–Trinajstić information content (AvgIpc) is 2.76. The van der Waals surface area contributed by atoms with E-state index in [1.165, 1.54) is 24.3 Å². The number of carbonyl (C=O) groups excluding carboxylic acids is 2. The lowest BCUT2D eigenvalue weighted by Crippen LogP contribution is -2.29. The summed E-state index contributed by atoms with van der Waals surface area (Å²) < 4.78 is 0. The number of benzene rings is 1. The minimum Gasteiger partial charge on any atom is -0.507 e. The number of allylic oxidation sites excluding steroid dienone is 6. The largest absolute Gasteiger partial charge is 0.507 e. The second-order valence-corrected chi connectivity index (χ2v) is 7.39. The minimum absolute atomic E-state index is 0.0689. The summed E-state index contributed by atoms with van der Waals surface area (Å²) in [5.41, 5.74) is 1.31. The first kappa shape index (κ1) is 22.9. The predicted octanol–water partition coefficient (Wildman–Crippen LogP) is 2.82. The molecule has 0 amide bonds. The predicted molar refractivity (Wildman–Crippen MR) is 120 cm³/mol. The van der Waals surface area contributed by atoms with Gasteiger partial charge >= 0.3 is 5.97 Å². The first-order valence-corrected chi connectivity index (χ1v) is 10.4. The highest BCUT2D eigenvalue weighted by atomic mass is 16.4. The van der Waals surface area contributed by atoms with Gasteiger partial charge in [0.05, 0.1) is 11.1 Å². The number of phenols is 1. The van der Waals surface area contributed by atoms with E-state index in [4.69, 9.17) is 5.11 Å². The van der Waals surface area contributed by atoms with Gasteiger partial charge in [-0.1, -0.05) is 0 Å². The van der Waals surface area contributed by atoms with Crippen LogP contribution in [-0.4, -0.2) is 63.9 Å². The third-order valence-corrected chi connectivity index (χ3v) is 5.61. The molecule has 0 aromatic heterocycles. The number of likely N-dealkylation sites (N-methyl/N-ethyl adjacent to an activating group) is 2. The topological polar surface area (TPSA) is 118 Å². The van der Waals surface area contributed by atoms with Gasteiger partial charge in [-0.05, 0) is 45.1 Å². The second kappa shape index (κ2) is 9.13. The highest BCUT2D eigenvalue weighted by Crippen LogP contribution is 2.42. The normalized spacial score (nSPS) is 17.9. The maximum absolute atomic E-state index is 12.8.